The lowest BCUT2D eigenvalue weighted by Crippen LogP contribution is -1.99. The van der Waals surface area contributed by atoms with Crippen LogP contribution in [0.3, 0.4) is 0 Å². The summed E-state index contributed by atoms with van der Waals surface area (Å²) in [5, 5.41) is 19.9. The van der Waals surface area contributed by atoms with Crippen molar-refractivity contribution in [1.82, 2.24) is 9.97 Å². The summed E-state index contributed by atoms with van der Waals surface area (Å²) in [7, 11) is 0. The van der Waals surface area contributed by atoms with E-state index in [1.54, 1.807) is 0 Å². The molecule has 0 saturated heterocycles. The molecule has 0 aliphatic rings. The Balaban J connectivity index is 2.54. The number of nitriles is 1. The lowest BCUT2D eigenvalue weighted by atomic mass is 10.2. The van der Waals surface area contributed by atoms with Crippen LogP contribution < -0.4 is 4.74 Å². The Hall–Kier alpha value is -1.99. The Morgan fingerprint density at radius 3 is 2.70 bits per heavy atom. The number of nitro groups is 1. The van der Waals surface area contributed by atoms with E-state index in [1.807, 2.05) is 28.7 Å². The number of hydrogen-bond donors (Lipinski definition) is 0. The van der Waals surface area contributed by atoms with Gasteiger partial charge in [-0.1, -0.05) is 11.6 Å². The summed E-state index contributed by atoms with van der Waals surface area (Å²) in [5.74, 6) is -0.0723. The zero-order valence-corrected chi connectivity index (χ0v) is 12.5. The summed E-state index contributed by atoms with van der Waals surface area (Å²) >= 11 is 7.63. The molecule has 0 N–H and O–H groups in total. The molecule has 0 unspecified atom stereocenters. The summed E-state index contributed by atoms with van der Waals surface area (Å²) < 4.78 is 5.77. The summed E-state index contributed by atoms with van der Waals surface area (Å²) in [6.45, 7) is 0. The van der Waals surface area contributed by atoms with Gasteiger partial charge in [0.2, 0.25) is 5.75 Å². The Kier molecular flexibility index (Phi) is 4.31. The number of aromatic nitrogens is 2. The average molecular weight is 403 g/mol. The molecule has 100 valence electrons. The van der Waals surface area contributed by atoms with E-state index in [0.29, 0.717) is 3.57 Å². The van der Waals surface area contributed by atoms with E-state index < -0.39 is 4.92 Å². The van der Waals surface area contributed by atoms with E-state index in [-0.39, 0.29) is 28.0 Å². The summed E-state index contributed by atoms with van der Waals surface area (Å²) in [6, 6.07) is 4.44. The lowest BCUT2D eigenvalue weighted by Gasteiger charge is -2.08. The minimum absolute atomic E-state index is 0.0121. The van der Waals surface area contributed by atoms with E-state index >= 15 is 0 Å². The minimum atomic E-state index is -0.636. The van der Waals surface area contributed by atoms with Gasteiger partial charge in [-0.3, -0.25) is 10.1 Å². The number of hydrogen-bond acceptors (Lipinski definition) is 6. The Morgan fingerprint density at radius 2 is 2.10 bits per heavy atom. The predicted octanol–water partition coefficient (Wildman–Crippen LogP) is 3.31. The van der Waals surface area contributed by atoms with Crippen molar-refractivity contribution in [3.05, 3.63) is 48.9 Å². The quantitative estimate of drug-likeness (QED) is 0.443. The molecule has 0 bridgehead atoms. The molecule has 1 aromatic heterocycles. The highest BCUT2D eigenvalue weighted by Crippen LogP contribution is 2.37. The fourth-order valence-electron chi connectivity index (χ4n) is 1.35. The molecule has 9 heteroatoms. The van der Waals surface area contributed by atoms with Gasteiger partial charge in [0.25, 0.3) is 5.88 Å². The largest absolute Gasteiger partial charge is 0.428 e. The molecule has 2 rings (SSSR count). The molecule has 0 saturated carbocycles. The van der Waals surface area contributed by atoms with Crippen LogP contribution in [0.4, 0.5) is 5.69 Å². The van der Waals surface area contributed by atoms with Gasteiger partial charge in [0.1, 0.15) is 0 Å². The molecular weight excluding hydrogens is 399 g/mol. The van der Waals surface area contributed by atoms with Crippen LogP contribution in [-0.4, -0.2) is 14.9 Å². The highest BCUT2D eigenvalue weighted by molar-refractivity contribution is 14.1. The maximum absolute atomic E-state index is 11.1. The summed E-state index contributed by atoms with van der Waals surface area (Å²) in [6.07, 6.45) is 2.72. The molecule has 0 fully saturated rings. The van der Waals surface area contributed by atoms with Crippen molar-refractivity contribution >= 4 is 39.9 Å². The van der Waals surface area contributed by atoms with Crippen LogP contribution in [0.2, 0.25) is 5.15 Å². The smallest absolute Gasteiger partial charge is 0.314 e. The van der Waals surface area contributed by atoms with Crippen LogP contribution >= 0.6 is 34.2 Å². The van der Waals surface area contributed by atoms with E-state index in [0.717, 1.165) is 6.07 Å². The van der Waals surface area contributed by atoms with E-state index in [4.69, 9.17) is 21.6 Å². The van der Waals surface area contributed by atoms with Gasteiger partial charge in [0.15, 0.2) is 5.15 Å². The number of nitro benzene ring substituents is 1. The first-order valence-electron chi connectivity index (χ1n) is 5.05. The highest BCUT2D eigenvalue weighted by Gasteiger charge is 2.22. The second-order valence-electron chi connectivity index (χ2n) is 3.43. The SMILES string of the molecule is N#Cc1cc(I)c(Oc2nccnc2Cl)c([N+](=O)[O-])c1. The van der Waals surface area contributed by atoms with E-state index in [1.165, 1.54) is 18.5 Å². The fourth-order valence-corrected chi connectivity index (χ4v) is 2.22. The standard InChI is InChI=1S/C11H4ClIN4O3/c12-10-11(16-2-1-15-10)20-9-7(13)3-6(5-14)4-8(9)17(18)19/h1-4H. The molecule has 7 nitrogen and oxygen atoms in total. The number of halogens is 2. The van der Waals surface area contributed by atoms with Crippen LogP contribution in [0.1, 0.15) is 5.56 Å². The van der Waals surface area contributed by atoms with Gasteiger partial charge in [0, 0.05) is 18.5 Å². The average Bonchev–Trinajstić information content (AvgIpc) is 2.42. The van der Waals surface area contributed by atoms with Crippen LogP contribution in [0.15, 0.2) is 24.5 Å². The Labute approximate surface area is 131 Å². The van der Waals surface area contributed by atoms with Crippen molar-refractivity contribution in [3.8, 4) is 17.7 Å². The third kappa shape index (κ3) is 2.94. The predicted molar refractivity (Wildman–Crippen MR) is 77.6 cm³/mol. The van der Waals surface area contributed by atoms with Crippen molar-refractivity contribution in [3.63, 3.8) is 0 Å². The van der Waals surface area contributed by atoms with Crippen LogP contribution in [-0.2, 0) is 0 Å². The van der Waals surface area contributed by atoms with Crippen molar-refractivity contribution in [1.29, 1.82) is 5.26 Å². The van der Waals surface area contributed by atoms with Crippen LogP contribution in [0.5, 0.6) is 11.6 Å². The Morgan fingerprint density at radius 1 is 1.40 bits per heavy atom. The van der Waals surface area contributed by atoms with Crippen molar-refractivity contribution < 1.29 is 9.66 Å². The first kappa shape index (κ1) is 14.4. The molecule has 0 radical (unpaired) electrons. The first-order valence-corrected chi connectivity index (χ1v) is 6.51. The molecule has 0 aliphatic carbocycles. The van der Waals surface area contributed by atoms with Gasteiger partial charge in [-0.2, -0.15) is 5.26 Å². The number of rotatable bonds is 3. The molecule has 0 spiro atoms. The molecule has 0 aliphatic heterocycles. The van der Waals surface area contributed by atoms with E-state index in [9.17, 15) is 10.1 Å². The van der Waals surface area contributed by atoms with Crippen LogP contribution in [0, 0.1) is 25.0 Å². The van der Waals surface area contributed by atoms with Crippen LogP contribution in [0.25, 0.3) is 0 Å². The third-order valence-corrected chi connectivity index (χ3v) is 3.23. The molecule has 20 heavy (non-hydrogen) atoms. The normalized spacial score (nSPS) is 9.85. The molecular formula is C11H4ClIN4O3. The fraction of sp³-hybridized carbons (Fsp3) is 0. The third-order valence-electron chi connectivity index (χ3n) is 2.17. The van der Waals surface area contributed by atoms with Crippen molar-refractivity contribution in [2.24, 2.45) is 0 Å². The highest BCUT2D eigenvalue weighted by atomic mass is 127. The molecule has 2 aromatic rings. The molecule has 1 aromatic carbocycles. The van der Waals surface area contributed by atoms with Gasteiger partial charge >= 0.3 is 5.69 Å². The lowest BCUT2D eigenvalue weighted by molar-refractivity contribution is -0.385. The second-order valence-corrected chi connectivity index (χ2v) is 4.95. The number of ether oxygens (including phenoxy) is 1. The van der Waals surface area contributed by atoms with Gasteiger partial charge in [-0.25, -0.2) is 9.97 Å². The molecule has 0 atom stereocenters. The van der Waals surface area contributed by atoms with Gasteiger partial charge in [-0.05, 0) is 28.7 Å². The number of benzene rings is 1. The monoisotopic (exact) mass is 402 g/mol. The van der Waals surface area contributed by atoms with Gasteiger partial charge < -0.3 is 4.74 Å². The topological polar surface area (TPSA) is 102 Å². The summed E-state index contributed by atoms with van der Waals surface area (Å²) in [5.41, 5.74) is -0.172. The zero-order valence-electron chi connectivity index (χ0n) is 9.58. The van der Waals surface area contributed by atoms with Crippen molar-refractivity contribution in [2.75, 3.05) is 0 Å². The van der Waals surface area contributed by atoms with Crippen molar-refractivity contribution in [2.45, 2.75) is 0 Å². The summed E-state index contributed by atoms with van der Waals surface area (Å²) in [4.78, 5) is 18.0. The zero-order chi connectivity index (χ0) is 14.7. The molecule has 0 amide bonds. The first-order chi connectivity index (χ1) is 9.52. The Bertz CT molecular complexity index is 732. The second kappa shape index (κ2) is 5.98. The maximum Gasteiger partial charge on any atom is 0.314 e. The molecule has 1 heterocycles. The minimum Gasteiger partial charge on any atom is -0.428 e. The maximum atomic E-state index is 11.1. The number of nitrogens with zero attached hydrogens (tertiary/aromatic N) is 4. The van der Waals surface area contributed by atoms with Gasteiger partial charge in [0.05, 0.1) is 20.1 Å². The van der Waals surface area contributed by atoms with E-state index in [2.05, 4.69) is 9.97 Å². The van der Waals surface area contributed by atoms with Gasteiger partial charge in [-0.15, -0.1) is 0 Å².